The van der Waals surface area contributed by atoms with E-state index in [0.717, 1.165) is 0 Å². The van der Waals surface area contributed by atoms with E-state index in [1.807, 2.05) is 6.07 Å². The Hall–Kier alpha value is -2.38. The lowest BCUT2D eigenvalue weighted by Crippen LogP contribution is -2.44. The second kappa shape index (κ2) is 6.02. The summed E-state index contributed by atoms with van der Waals surface area (Å²) in [5, 5.41) is 8.08. The lowest BCUT2D eigenvalue weighted by atomic mass is 9.97. The van der Waals surface area contributed by atoms with Crippen LogP contribution in [0.4, 0.5) is 13.2 Å². The Kier molecular flexibility index (Phi) is 4.06. The van der Waals surface area contributed by atoms with E-state index in [-0.39, 0.29) is 18.7 Å². The minimum Gasteiger partial charge on any atom is -0.337 e. The molecule has 1 atom stereocenters. The van der Waals surface area contributed by atoms with Gasteiger partial charge in [0.1, 0.15) is 0 Å². The fourth-order valence-corrected chi connectivity index (χ4v) is 2.64. The topological polar surface area (TPSA) is 51.0 Å². The third-order valence-corrected chi connectivity index (χ3v) is 3.87. The van der Waals surface area contributed by atoms with Crippen molar-refractivity contribution in [2.24, 2.45) is 5.92 Å². The number of amides is 1. The first-order chi connectivity index (χ1) is 10.9. The number of carbonyl (C=O) groups is 1. The molecule has 0 bridgehead atoms. The fraction of sp³-hybridized carbons (Fsp3) is 0.400. The quantitative estimate of drug-likeness (QED) is 0.853. The van der Waals surface area contributed by atoms with E-state index in [1.54, 1.807) is 24.3 Å². The summed E-state index contributed by atoms with van der Waals surface area (Å²) in [5.41, 5.74) is 0.732. The molecule has 0 spiro atoms. The van der Waals surface area contributed by atoms with Crippen LogP contribution in [-0.4, -0.2) is 45.1 Å². The van der Waals surface area contributed by atoms with E-state index in [9.17, 15) is 18.0 Å². The Morgan fingerprint density at radius 3 is 2.65 bits per heavy atom. The summed E-state index contributed by atoms with van der Waals surface area (Å²) in [4.78, 5) is 14.9. The summed E-state index contributed by atoms with van der Waals surface area (Å²) < 4.78 is 38.5. The highest BCUT2D eigenvalue weighted by Gasteiger charge is 2.43. The van der Waals surface area contributed by atoms with E-state index in [2.05, 4.69) is 10.2 Å². The number of benzene rings is 1. The van der Waals surface area contributed by atoms with Gasteiger partial charge in [0, 0.05) is 13.1 Å². The molecule has 1 aromatic heterocycles. The Morgan fingerprint density at radius 1 is 1.22 bits per heavy atom. The molecule has 1 saturated heterocycles. The number of aromatic nitrogens is 3. The van der Waals surface area contributed by atoms with Crippen LogP contribution < -0.4 is 0 Å². The van der Waals surface area contributed by atoms with Crippen molar-refractivity contribution in [1.29, 1.82) is 0 Å². The smallest absolute Gasteiger partial charge is 0.337 e. The number of alkyl halides is 3. The summed E-state index contributed by atoms with van der Waals surface area (Å²) >= 11 is 0. The molecule has 0 radical (unpaired) electrons. The van der Waals surface area contributed by atoms with E-state index < -0.39 is 18.0 Å². The SMILES string of the molecule is O=C(c1cnn(-c2ccccc2)n1)N1CCC[C@@H](C(F)(F)F)C1. The number of likely N-dealkylation sites (tertiary alicyclic amines) is 1. The van der Waals surface area contributed by atoms with Crippen molar-refractivity contribution < 1.29 is 18.0 Å². The summed E-state index contributed by atoms with van der Waals surface area (Å²) in [6.07, 6.45) is -2.60. The Balaban J connectivity index is 1.75. The average molecular weight is 324 g/mol. The predicted molar refractivity (Wildman–Crippen MR) is 76.0 cm³/mol. The molecule has 2 aromatic rings. The maximum absolute atomic E-state index is 12.8. The molecule has 0 N–H and O–H groups in total. The first-order valence-electron chi connectivity index (χ1n) is 7.29. The molecule has 1 fully saturated rings. The first kappa shape index (κ1) is 15.5. The van der Waals surface area contributed by atoms with Crippen molar-refractivity contribution in [1.82, 2.24) is 19.9 Å². The monoisotopic (exact) mass is 324 g/mol. The number of para-hydroxylation sites is 1. The van der Waals surface area contributed by atoms with Gasteiger partial charge < -0.3 is 4.90 Å². The number of hydrogen-bond acceptors (Lipinski definition) is 3. The van der Waals surface area contributed by atoms with Gasteiger partial charge in [-0.05, 0) is 25.0 Å². The Bertz CT molecular complexity index is 684. The lowest BCUT2D eigenvalue weighted by molar-refractivity contribution is -0.184. The molecule has 2 heterocycles. The van der Waals surface area contributed by atoms with E-state index in [4.69, 9.17) is 0 Å². The summed E-state index contributed by atoms with van der Waals surface area (Å²) in [5.74, 6) is -1.98. The third kappa shape index (κ3) is 3.35. The fourth-order valence-electron chi connectivity index (χ4n) is 2.64. The molecular formula is C15H15F3N4O. The van der Waals surface area contributed by atoms with Crippen LogP contribution in [0.1, 0.15) is 23.3 Å². The molecule has 122 valence electrons. The molecule has 8 heteroatoms. The van der Waals surface area contributed by atoms with Gasteiger partial charge in [-0.2, -0.15) is 23.1 Å². The van der Waals surface area contributed by atoms with Crippen molar-refractivity contribution in [2.45, 2.75) is 19.0 Å². The van der Waals surface area contributed by atoms with Crippen LogP contribution in [0.2, 0.25) is 0 Å². The highest BCUT2D eigenvalue weighted by Crippen LogP contribution is 2.33. The van der Waals surface area contributed by atoms with Crippen LogP contribution >= 0.6 is 0 Å². The van der Waals surface area contributed by atoms with E-state index in [0.29, 0.717) is 18.7 Å². The maximum Gasteiger partial charge on any atom is 0.393 e. The van der Waals surface area contributed by atoms with Crippen molar-refractivity contribution in [3.05, 3.63) is 42.2 Å². The zero-order valence-electron chi connectivity index (χ0n) is 12.2. The average Bonchev–Trinajstić information content (AvgIpc) is 3.04. The Labute approximate surface area is 130 Å². The largest absolute Gasteiger partial charge is 0.393 e. The van der Waals surface area contributed by atoms with E-state index >= 15 is 0 Å². The van der Waals surface area contributed by atoms with Gasteiger partial charge in [-0.3, -0.25) is 4.79 Å². The molecule has 0 saturated carbocycles. The van der Waals surface area contributed by atoms with Gasteiger partial charge in [0.05, 0.1) is 17.8 Å². The van der Waals surface area contributed by atoms with Gasteiger partial charge >= 0.3 is 6.18 Å². The molecule has 1 aliphatic rings. The van der Waals surface area contributed by atoms with Crippen molar-refractivity contribution in [2.75, 3.05) is 13.1 Å². The number of nitrogens with zero attached hydrogens (tertiary/aromatic N) is 4. The van der Waals surface area contributed by atoms with Crippen LogP contribution in [0.25, 0.3) is 5.69 Å². The lowest BCUT2D eigenvalue weighted by Gasteiger charge is -2.33. The van der Waals surface area contributed by atoms with E-state index in [1.165, 1.54) is 15.9 Å². The van der Waals surface area contributed by atoms with Gasteiger partial charge in [0.25, 0.3) is 5.91 Å². The maximum atomic E-state index is 12.8. The Morgan fingerprint density at radius 2 is 1.96 bits per heavy atom. The molecule has 5 nitrogen and oxygen atoms in total. The highest BCUT2D eigenvalue weighted by molar-refractivity contribution is 5.92. The normalized spacial score (nSPS) is 18.9. The van der Waals surface area contributed by atoms with Crippen LogP contribution in [0.15, 0.2) is 36.5 Å². The van der Waals surface area contributed by atoms with Gasteiger partial charge in [-0.1, -0.05) is 18.2 Å². The van der Waals surface area contributed by atoms with Gasteiger partial charge in [-0.25, -0.2) is 0 Å². The van der Waals surface area contributed by atoms with Crippen LogP contribution in [0.3, 0.4) is 0 Å². The molecular weight excluding hydrogens is 309 g/mol. The zero-order chi connectivity index (χ0) is 16.4. The molecule has 0 aliphatic carbocycles. The number of rotatable bonds is 2. The molecule has 1 aliphatic heterocycles. The van der Waals surface area contributed by atoms with Gasteiger partial charge in [0.2, 0.25) is 0 Å². The molecule has 1 aromatic carbocycles. The standard InChI is InChI=1S/C15H15F3N4O/c16-15(17,18)11-5-4-8-21(10-11)14(23)13-9-19-22(20-13)12-6-2-1-3-7-12/h1-3,6-7,9,11H,4-5,8,10H2/t11-/m1/s1. The van der Waals surface area contributed by atoms with Crippen LogP contribution in [-0.2, 0) is 0 Å². The molecule has 1 amide bonds. The summed E-state index contributed by atoms with van der Waals surface area (Å²) in [6.45, 7) is -0.00978. The minimum atomic E-state index is -4.28. The van der Waals surface area contributed by atoms with Crippen LogP contribution in [0, 0.1) is 5.92 Å². The third-order valence-electron chi connectivity index (χ3n) is 3.87. The second-order valence-corrected chi connectivity index (χ2v) is 5.49. The van der Waals surface area contributed by atoms with Crippen LogP contribution in [0.5, 0.6) is 0 Å². The molecule has 0 unspecified atom stereocenters. The van der Waals surface area contributed by atoms with Crippen molar-refractivity contribution >= 4 is 5.91 Å². The highest BCUT2D eigenvalue weighted by atomic mass is 19.4. The van der Waals surface area contributed by atoms with Crippen molar-refractivity contribution in [3.63, 3.8) is 0 Å². The van der Waals surface area contributed by atoms with Gasteiger partial charge in [-0.15, -0.1) is 5.10 Å². The number of carbonyl (C=O) groups excluding carboxylic acids is 1. The zero-order valence-corrected chi connectivity index (χ0v) is 12.2. The predicted octanol–water partition coefficient (Wildman–Crippen LogP) is 2.68. The number of halogens is 3. The summed E-state index contributed by atoms with van der Waals surface area (Å²) in [7, 11) is 0. The molecule has 3 rings (SSSR count). The number of piperidine rings is 1. The second-order valence-electron chi connectivity index (χ2n) is 5.49. The minimum absolute atomic E-state index is 0.0525. The number of hydrogen-bond donors (Lipinski definition) is 0. The van der Waals surface area contributed by atoms with Crippen molar-refractivity contribution in [3.8, 4) is 5.69 Å². The van der Waals surface area contributed by atoms with Gasteiger partial charge in [0.15, 0.2) is 5.69 Å². The molecule has 23 heavy (non-hydrogen) atoms. The summed E-state index contributed by atoms with van der Waals surface area (Å²) in [6, 6.07) is 8.99. The first-order valence-corrected chi connectivity index (χ1v) is 7.29.